The molecule has 1 rings (SSSR count). The maximum absolute atomic E-state index is 5.73. The number of nitrogens with two attached hydrogens (primary N) is 2. The molecule has 0 bridgehead atoms. The molecule has 0 aliphatic rings. The molecule has 1 aromatic rings. The molecule has 0 saturated carbocycles. The van der Waals surface area contributed by atoms with E-state index in [1.54, 1.807) is 21.3 Å². The first-order chi connectivity index (χ1) is 9.62. The van der Waals surface area contributed by atoms with Gasteiger partial charge in [-0.3, -0.25) is 0 Å². The first-order valence-electron chi connectivity index (χ1n) is 6.81. The van der Waals surface area contributed by atoms with Crippen molar-refractivity contribution >= 4 is 0 Å². The molecule has 20 heavy (non-hydrogen) atoms. The predicted octanol–water partition coefficient (Wildman–Crippen LogP) is 1.74. The van der Waals surface area contributed by atoms with Crippen LogP contribution in [0.2, 0.25) is 0 Å². The zero-order valence-electron chi connectivity index (χ0n) is 12.8. The molecule has 0 aliphatic heterocycles. The first-order valence-corrected chi connectivity index (χ1v) is 6.81. The Morgan fingerprint density at radius 3 is 2.00 bits per heavy atom. The van der Waals surface area contributed by atoms with E-state index in [4.69, 9.17) is 25.7 Å². The van der Waals surface area contributed by atoms with Gasteiger partial charge in [0.1, 0.15) is 0 Å². The van der Waals surface area contributed by atoms with Crippen LogP contribution in [0.3, 0.4) is 0 Å². The van der Waals surface area contributed by atoms with Crippen LogP contribution < -0.4 is 25.7 Å². The second-order valence-corrected chi connectivity index (χ2v) is 4.90. The molecule has 114 valence electrons. The van der Waals surface area contributed by atoms with Crippen LogP contribution in [0.5, 0.6) is 17.2 Å². The van der Waals surface area contributed by atoms with E-state index in [0.29, 0.717) is 36.3 Å². The molecule has 0 fully saturated rings. The summed E-state index contributed by atoms with van der Waals surface area (Å²) < 4.78 is 16.2. The fourth-order valence-corrected chi connectivity index (χ4v) is 2.43. The molecule has 0 aromatic heterocycles. The minimum Gasteiger partial charge on any atom is -0.493 e. The van der Waals surface area contributed by atoms with Crippen LogP contribution in [0, 0.1) is 5.92 Å². The Kier molecular flexibility index (Phi) is 6.61. The number of ether oxygens (including phenoxy) is 3. The monoisotopic (exact) mass is 282 g/mol. The van der Waals surface area contributed by atoms with Crippen molar-refractivity contribution in [2.45, 2.75) is 19.3 Å². The third kappa shape index (κ3) is 3.55. The third-order valence-electron chi connectivity index (χ3n) is 3.62. The van der Waals surface area contributed by atoms with Crippen molar-refractivity contribution in [3.63, 3.8) is 0 Å². The molecule has 0 amide bonds. The quantitative estimate of drug-likeness (QED) is 0.759. The zero-order valence-corrected chi connectivity index (χ0v) is 12.8. The Balaban J connectivity index is 3.11. The summed E-state index contributed by atoms with van der Waals surface area (Å²) in [7, 11) is 4.85. The summed E-state index contributed by atoms with van der Waals surface area (Å²) >= 11 is 0. The average molecular weight is 282 g/mol. The lowest BCUT2D eigenvalue weighted by Crippen LogP contribution is -2.24. The van der Waals surface area contributed by atoms with Gasteiger partial charge in [0.05, 0.1) is 21.3 Å². The number of methoxy groups -OCH3 is 3. The average Bonchev–Trinajstić information content (AvgIpc) is 2.50. The lowest BCUT2D eigenvalue weighted by Gasteiger charge is -2.22. The number of rotatable bonds is 8. The minimum atomic E-state index is 0.279. The van der Waals surface area contributed by atoms with Crippen LogP contribution in [0.4, 0.5) is 0 Å². The van der Waals surface area contributed by atoms with E-state index in [0.717, 1.165) is 12.0 Å². The van der Waals surface area contributed by atoms with Crippen molar-refractivity contribution in [1.29, 1.82) is 0 Å². The third-order valence-corrected chi connectivity index (χ3v) is 3.62. The van der Waals surface area contributed by atoms with E-state index >= 15 is 0 Å². The van der Waals surface area contributed by atoms with E-state index in [9.17, 15) is 0 Å². The van der Waals surface area contributed by atoms with Crippen LogP contribution in [0.1, 0.15) is 24.8 Å². The second kappa shape index (κ2) is 7.97. The van der Waals surface area contributed by atoms with E-state index in [1.807, 2.05) is 12.1 Å². The van der Waals surface area contributed by atoms with Gasteiger partial charge in [0.2, 0.25) is 5.75 Å². The molecule has 0 saturated heterocycles. The zero-order chi connectivity index (χ0) is 15.1. The Morgan fingerprint density at radius 1 is 0.950 bits per heavy atom. The normalized spacial score (nSPS) is 12.3. The van der Waals surface area contributed by atoms with Gasteiger partial charge >= 0.3 is 0 Å². The fourth-order valence-electron chi connectivity index (χ4n) is 2.43. The summed E-state index contributed by atoms with van der Waals surface area (Å²) in [6.07, 6.45) is 0.916. The van der Waals surface area contributed by atoms with E-state index in [-0.39, 0.29) is 5.92 Å². The van der Waals surface area contributed by atoms with Gasteiger partial charge in [0.25, 0.3) is 0 Å². The van der Waals surface area contributed by atoms with Gasteiger partial charge in [-0.25, -0.2) is 0 Å². The lowest BCUT2D eigenvalue weighted by molar-refractivity contribution is 0.319. The van der Waals surface area contributed by atoms with E-state index < -0.39 is 0 Å². The molecular formula is C15H26N2O3. The van der Waals surface area contributed by atoms with Crippen LogP contribution >= 0.6 is 0 Å². The molecule has 1 atom stereocenters. The summed E-state index contributed by atoms with van der Waals surface area (Å²) in [4.78, 5) is 0. The largest absolute Gasteiger partial charge is 0.493 e. The highest BCUT2D eigenvalue weighted by Crippen LogP contribution is 2.43. The SMILES string of the molecule is COc1ccc(C(C)CC(CN)CN)c(OC)c1OC. The van der Waals surface area contributed by atoms with Gasteiger partial charge in [-0.05, 0) is 37.4 Å². The molecule has 0 radical (unpaired) electrons. The molecule has 1 aromatic carbocycles. The van der Waals surface area contributed by atoms with Gasteiger partial charge in [0, 0.05) is 5.56 Å². The van der Waals surface area contributed by atoms with Gasteiger partial charge < -0.3 is 25.7 Å². The van der Waals surface area contributed by atoms with Gasteiger partial charge in [-0.1, -0.05) is 13.0 Å². The Labute approximate surface area is 121 Å². The van der Waals surface area contributed by atoms with Gasteiger partial charge in [-0.2, -0.15) is 0 Å². The van der Waals surface area contributed by atoms with Crippen molar-refractivity contribution in [1.82, 2.24) is 0 Å². The summed E-state index contributed by atoms with van der Waals surface area (Å²) in [6.45, 7) is 3.33. The first kappa shape index (κ1) is 16.6. The smallest absolute Gasteiger partial charge is 0.203 e. The van der Waals surface area contributed by atoms with E-state index in [1.165, 1.54) is 0 Å². The highest BCUT2D eigenvalue weighted by molar-refractivity contribution is 5.56. The van der Waals surface area contributed by atoms with Crippen molar-refractivity contribution in [2.75, 3.05) is 34.4 Å². The van der Waals surface area contributed by atoms with E-state index in [2.05, 4.69) is 6.92 Å². The predicted molar refractivity (Wildman–Crippen MR) is 80.7 cm³/mol. The molecule has 0 aliphatic carbocycles. The van der Waals surface area contributed by atoms with Crippen molar-refractivity contribution in [2.24, 2.45) is 17.4 Å². The lowest BCUT2D eigenvalue weighted by atomic mass is 9.89. The number of hydrogen-bond acceptors (Lipinski definition) is 5. The maximum atomic E-state index is 5.73. The Bertz CT molecular complexity index is 420. The van der Waals surface area contributed by atoms with Crippen LogP contribution in [-0.4, -0.2) is 34.4 Å². The summed E-state index contributed by atoms with van der Waals surface area (Å²) in [5.41, 5.74) is 12.5. The van der Waals surface area contributed by atoms with Crippen LogP contribution in [0.25, 0.3) is 0 Å². The standard InChI is InChI=1S/C15H26N2O3/c1-10(7-11(8-16)9-17)12-5-6-13(18-2)15(20-4)14(12)19-3/h5-6,10-11H,7-9,16-17H2,1-4H3. The highest BCUT2D eigenvalue weighted by atomic mass is 16.5. The van der Waals surface area contributed by atoms with Crippen LogP contribution in [0.15, 0.2) is 12.1 Å². The number of benzene rings is 1. The molecule has 5 heteroatoms. The highest BCUT2D eigenvalue weighted by Gasteiger charge is 2.21. The molecule has 0 heterocycles. The van der Waals surface area contributed by atoms with Gasteiger partial charge in [0.15, 0.2) is 11.5 Å². The second-order valence-electron chi connectivity index (χ2n) is 4.90. The van der Waals surface area contributed by atoms with Crippen molar-refractivity contribution in [3.05, 3.63) is 17.7 Å². The fraction of sp³-hybridized carbons (Fsp3) is 0.600. The van der Waals surface area contributed by atoms with Crippen LogP contribution in [-0.2, 0) is 0 Å². The Morgan fingerprint density at radius 2 is 1.55 bits per heavy atom. The maximum Gasteiger partial charge on any atom is 0.203 e. The summed E-state index contributed by atoms with van der Waals surface area (Å²) in [6, 6.07) is 3.90. The molecular weight excluding hydrogens is 256 g/mol. The van der Waals surface area contributed by atoms with Crippen molar-refractivity contribution in [3.8, 4) is 17.2 Å². The molecule has 4 N–H and O–H groups in total. The van der Waals surface area contributed by atoms with Gasteiger partial charge in [-0.15, -0.1) is 0 Å². The molecule has 1 unspecified atom stereocenters. The Hall–Kier alpha value is -1.46. The molecule has 5 nitrogen and oxygen atoms in total. The van der Waals surface area contributed by atoms with Crippen molar-refractivity contribution < 1.29 is 14.2 Å². The number of hydrogen-bond donors (Lipinski definition) is 2. The molecule has 0 spiro atoms. The minimum absolute atomic E-state index is 0.279. The summed E-state index contributed by atoms with van der Waals surface area (Å²) in [5, 5.41) is 0. The summed E-state index contributed by atoms with van der Waals surface area (Å²) in [5.74, 6) is 2.59. The topological polar surface area (TPSA) is 79.7 Å².